The fourth-order valence-corrected chi connectivity index (χ4v) is 3.42. The monoisotopic (exact) mass is 218 g/mol. The molecule has 1 aromatic carbocycles. The fourth-order valence-electron chi connectivity index (χ4n) is 3.42. The summed E-state index contributed by atoms with van der Waals surface area (Å²) < 4.78 is 0. The third-order valence-corrected chi connectivity index (χ3v) is 4.26. The smallest absolute Gasteiger partial charge is 0.0284 e. The number of hydrogen-bond acceptors (Lipinski definition) is 4. The van der Waals surface area contributed by atoms with Crippen LogP contribution >= 0.6 is 0 Å². The van der Waals surface area contributed by atoms with E-state index in [-0.39, 0.29) is 36.0 Å². The Morgan fingerprint density at radius 1 is 0.625 bits per heavy atom. The van der Waals surface area contributed by atoms with E-state index in [0.29, 0.717) is 0 Å². The van der Waals surface area contributed by atoms with Crippen LogP contribution in [0.1, 0.15) is 23.0 Å². The fraction of sp³-hybridized carbons (Fsp3) is 0.500. The largest absolute Gasteiger partial charge is 0.326 e. The first-order chi connectivity index (χ1) is 7.63. The van der Waals surface area contributed by atoms with E-state index < -0.39 is 0 Å². The molecule has 1 saturated carbocycles. The van der Waals surface area contributed by atoms with Crippen LogP contribution in [-0.2, 0) is 0 Å². The van der Waals surface area contributed by atoms with Crippen LogP contribution in [0.4, 0.5) is 0 Å². The molecule has 0 aliphatic heterocycles. The molecule has 4 atom stereocenters. The molecule has 0 radical (unpaired) electrons. The van der Waals surface area contributed by atoms with Gasteiger partial charge in [-0.3, -0.25) is 0 Å². The van der Waals surface area contributed by atoms with Crippen molar-refractivity contribution in [1.29, 1.82) is 0 Å². The van der Waals surface area contributed by atoms with Gasteiger partial charge in [-0.05, 0) is 11.1 Å². The lowest BCUT2D eigenvalue weighted by atomic mass is 9.58. The van der Waals surface area contributed by atoms with Crippen LogP contribution in [0.25, 0.3) is 0 Å². The minimum absolute atomic E-state index is 0.0744. The maximum Gasteiger partial charge on any atom is 0.0284 e. The lowest BCUT2D eigenvalue weighted by Gasteiger charge is -2.53. The molecule has 0 saturated heterocycles. The van der Waals surface area contributed by atoms with Crippen molar-refractivity contribution in [2.24, 2.45) is 22.9 Å². The zero-order valence-corrected chi connectivity index (χ0v) is 9.08. The van der Waals surface area contributed by atoms with E-state index in [1.165, 1.54) is 11.1 Å². The SMILES string of the molecule is NC1C(N)C2c3ccccc3C1C(N)C2N. The van der Waals surface area contributed by atoms with Crippen LogP contribution in [0.3, 0.4) is 0 Å². The second-order valence-electron chi connectivity index (χ2n) is 4.99. The van der Waals surface area contributed by atoms with E-state index in [2.05, 4.69) is 12.1 Å². The zero-order chi connectivity index (χ0) is 11.4. The maximum atomic E-state index is 6.17. The number of fused-ring (bicyclic) bond motifs is 2. The summed E-state index contributed by atoms with van der Waals surface area (Å²) >= 11 is 0. The summed E-state index contributed by atoms with van der Waals surface area (Å²) in [6.07, 6.45) is 0. The Morgan fingerprint density at radius 2 is 0.938 bits per heavy atom. The predicted molar refractivity (Wildman–Crippen MR) is 63.8 cm³/mol. The van der Waals surface area contributed by atoms with Crippen LogP contribution in [0, 0.1) is 0 Å². The van der Waals surface area contributed by atoms with Crippen molar-refractivity contribution in [1.82, 2.24) is 0 Å². The van der Waals surface area contributed by atoms with Crippen molar-refractivity contribution in [3.8, 4) is 0 Å². The molecule has 0 spiro atoms. The minimum Gasteiger partial charge on any atom is -0.326 e. The van der Waals surface area contributed by atoms with Gasteiger partial charge in [0.2, 0.25) is 0 Å². The van der Waals surface area contributed by atoms with Crippen molar-refractivity contribution in [3.63, 3.8) is 0 Å². The number of nitrogens with two attached hydrogens (primary N) is 4. The second-order valence-corrected chi connectivity index (χ2v) is 4.99. The predicted octanol–water partition coefficient (Wildman–Crippen LogP) is -0.810. The first kappa shape index (κ1) is 10.2. The second kappa shape index (κ2) is 3.28. The Balaban J connectivity index is 2.21. The summed E-state index contributed by atoms with van der Waals surface area (Å²) in [5, 5.41) is 0. The van der Waals surface area contributed by atoms with Gasteiger partial charge in [0.05, 0.1) is 0 Å². The molecular weight excluding hydrogens is 200 g/mol. The molecule has 4 unspecified atom stereocenters. The summed E-state index contributed by atoms with van der Waals surface area (Å²) in [6, 6.07) is 7.95. The molecule has 16 heavy (non-hydrogen) atoms. The molecule has 1 fully saturated rings. The molecule has 3 aliphatic rings. The van der Waals surface area contributed by atoms with Crippen molar-refractivity contribution in [2.45, 2.75) is 36.0 Å². The topological polar surface area (TPSA) is 104 Å². The van der Waals surface area contributed by atoms with Gasteiger partial charge in [-0.15, -0.1) is 0 Å². The van der Waals surface area contributed by atoms with Crippen LogP contribution in [0.2, 0.25) is 0 Å². The van der Waals surface area contributed by atoms with Gasteiger partial charge in [0.25, 0.3) is 0 Å². The Hall–Kier alpha value is -0.940. The lowest BCUT2D eigenvalue weighted by Crippen LogP contribution is -2.69. The van der Waals surface area contributed by atoms with Gasteiger partial charge < -0.3 is 22.9 Å². The molecule has 4 nitrogen and oxygen atoms in total. The highest BCUT2D eigenvalue weighted by molar-refractivity contribution is 5.45. The molecule has 4 heteroatoms. The van der Waals surface area contributed by atoms with Crippen molar-refractivity contribution < 1.29 is 0 Å². The highest BCUT2D eigenvalue weighted by atomic mass is 14.9. The average Bonchev–Trinajstić information content (AvgIpc) is 2.28. The first-order valence-corrected chi connectivity index (χ1v) is 5.74. The lowest BCUT2D eigenvalue weighted by molar-refractivity contribution is 0.209. The molecule has 3 aliphatic carbocycles. The normalized spacial score (nSPS) is 45.5. The van der Waals surface area contributed by atoms with Crippen LogP contribution < -0.4 is 22.9 Å². The zero-order valence-electron chi connectivity index (χ0n) is 9.08. The molecule has 8 N–H and O–H groups in total. The molecule has 0 amide bonds. The van der Waals surface area contributed by atoms with Gasteiger partial charge in [-0.2, -0.15) is 0 Å². The highest BCUT2D eigenvalue weighted by Gasteiger charge is 2.51. The molecular formula is C12H18N4. The minimum atomic E-state index is -0.0744. The third-order valence-electron chi connectivity index (χ3n) is 4.26. The maximum absolute atomic E-state index is 6.17. The number of rotatable bonds is 0. The molecule has 0 heterocycles. The van der Waals surface area contributed by atoms with Crippen LogP contribution in [0.5, 0.6) is 0 Å². The Morgan fingerprint density at radius 3 is 1.25 bits per heavy atom. The summed E-state index contributed by atoms with van der Waals surface area (Å²) in [6.45, 7) is 0. The molecule has 1 aromatic rings. The van der Waals surface area contributed by atoms with Crippen LogP contribution in [-0.4, -0.2) is 24.2 Å². The van der Waals surface area contributed by atoms with E-state index in [9.17, 15) is 0 Å². The van der Waals surface area contributed by atoms with Gasteiger partial charge >= 0.3 is 0 Å². The Kier molecular flexibility index (Phi) is 2.09. The Bertz CT molecular complexity index is 364. The van der Waals surface area contributed by atoms with E-state index in [1.807, 2.05) is 12.1 Å². The van der Waals surface area contributed by atoms with Crippen LogP contribution in [0.15, 0.2) is 24.3 Å². The molecule has 86 valence electrons. The summed E-state index contributed by atoms with van der Waals surface area (Å²) in [5.41, 5.74) is 27.2. The quantitative estimate of drug-likeness (QED) is 0.457. The van der Waals surface area contributed by atoms with Crippen molar-refractivity contribution >= 4 is 0 Å². The van der Waals surface area contributed by atoms with E-state index in [0.717, 1.165) is 0 Å². The van der Waals surface area contributed by atoms with E-state index in [1.54, 1.807) is 0 Å². The third kappa shape index (κ3) is 1.07. The summed E-state index contributed by atoms with van der Waals surface area (Å²) in [5.74, 6) is 0.206. The molecule has 0 aromatic heterocycles. The number of benzene rings is 1. The standard InChI is InChI=1S/C12H18N4/c13-9-7-5-3-1-2-4-6(5)8(11(9)15)12(16)10(7)14/h1-4,7-12H,13-16H2. The van der Waals surface area contributed by atoms with Gasteiger partial charge in [0.15, 0.2) is 0 Å². The first-order valence-electron chi connectivity index (χ1n) is 5.74. The van der Waals surface area contributed by atoms with E-state index >= 15 is 0 Å². The summed E-state index contributed by atoms with van der Waals surface area (Å²) in [7, 11) is 0. The van der Waals surface area contributed by atoms with Crippen molar-refractivity contribution in [2.75, 3.05) is 0 Å². The Labute approximate surface area is 95.0 Å². The van der Waals surface area contributed by atoms with Gasteiger partial charge in [0, 0.05) is 36.0 Å². The van der Waals surface area contributed by atoms with E-state index in [4.69, 9.17) is 22.9 Å². The average molecular weight is 218 g/mol. The highest BCUT2D eigenvalue weighted by Crippen LogP contribution is 2.46. The number of hydrogen-bond donors (Lipinski definition) is 4. The van der Waals surface area contributed by atoms with Crippen molar-refractivity contribution in [3.05, 3.63) is 35.4 Å². The van der Waals surface area contributed by atoms with Gasteiger partial charge in [0.1, 0.15) is 0 Å². The molecule has 2 bridgehead atoms. The summed E-state index contributed by atoms with van der Waals surface area (Å²) in [4.78, 5) is 0. The van der Waals surface area contributed by atoms with Gasteiger partial charge in [-0.25, -0.2) is 0 Å². The molecule has 4 rings (SSSR count). The van der Waals surface area contributed by atoms with Gasteiger partial charge in [-0.1, -0.05) is 24.3 Å².